The third-order valence-electron chi connectivity index (χ3n) is 7.36. The fraction of sp³-hybridized carbons (Fsp3) is 0.467. The van der Waals surface area contributed by atoms with E-state index >= 15 is 0 Å². The quantitative estimate of drug-likeness (QED) is 0.304. The molecule has 5 heteroatoms. The van der Waals surface area contributed by atoms with E-state index in [9.17, 15) is 0 Å². The Hall–Kier alpha value is -1.92. The summed E-state index contributed by atoms with van der Waals surface area (Å²) in [4.78, 5) is 0. The molecule has 3 nitrogen and oxygen atoms in total. The maximum Gasteiger partial charge on any atom is 0.486 e. The summed E-state index contributed by atoms with van der Waals surface area (Å²) in [5, 5.41) is 2.61. The lowest BCUT2D eigenvalue weighted by Gasteiger charge is -2.42. The summed E-state index contributed by atoms with van der Waals surface area (Å²) in [6.45, 7) is 18.1. The van der Waals surface area contributed by atoms with Crippen molar-refractivity contribution in [2.24, 2.45) is 5.92 Å². The highest BCUT2D eigenvalue weighted by Crippen LogP contribution is 2.37. The molecule has 0 spiro atoms. The molecule has 1 heterocycles. The standard InChI is InChI=1S/C30H43BO3Si/c1-25(22-23-31-33-29(5,6)30(7,8)34-31)17-15-16-24-32-35(28(2,3)4,26-18-11-9-12-19-26)27-20-13-10-14-21-27/h9-16,18-23,25H,17,24H2,1-8H3/t25-/m0/s1. The lowest BCUT2D eigenvalue weighted by Crippen LogP contribution is -2.66. The lowest BCUT2D eigenvalue weighted by atomic mass is 9.88. The van der Waals surface area contributed by atoms with Crippen LogP contribution in [0.15, 0.2) is 84.9 Å². The van der Waals surface area contributed by atoms with Crippen molar-refractivity contribution >= 4 is 25.8 Å². The Balaban J connectivity index is 1.66. The molecule has 35 heavy (non-hydrogen) atoms. The van der Waals surface area contributed by atoms with Crippen molar-refractivity contribution in [3.63, 3.8) is 0 Å². The Morgan fingerprint density at radius 3 is 1.80 bits per heavy atom. The summed E-state index contributed by atoms with van der Waals surface area (Å²) < 4.78 is 19.1. The van der Waals surface area contributed by atoms with Crippen LogP contribution in [0.3, 0.4) is 0 Å². The van der Waals surface area contributed by atoms with Gasteiger partial charge in [0.25, 0.3) is 8.32 Å². The fourth-order valence-electron chi connectivity index (χ4n) is 4.64. The van der Waals surface area contributed by atoms with Crippen LogP contribution in [0.5, 0.6) is 0 Å². The van der Waals surface area contributed by atoms with Crippen LogP contribution in [0.4, 0.5) is 0 Å². The lowest BCUT2D eigenvalue weighted by molar-refractivity contribution is 0.00578. The van der Waals surface area contributed by atoms with E-state index in [1.54, 1.807) is 0 Å². The first-order valence-electron chi connectivity index (χ1n) is 12.8. The zero-order chi connectivity index (χ0) is 25.7. The molecule has 0 unspecified atom stereocenters. The van der Waals surface area contributed by atoms with E-state index in [4.69, 9.17) is 13.7 Å². The number of allylic oxidation sites excluding steroid dienone is 2. The smallest absolute Gasteiger partial charge is 0.404 e. The van der Waals surface area contributed by atoms with Gasteiger partial charge in [-0.25, -0.2) is 0 Å². The first-order chi connectivity index (χ1) is 16.4. The van der Waals surface area contributed by atoms with E-state index in [1.165, 1.54) is 10.4 Å². The maximum absolute atomic E-state index is 6.93. The molecule has 0 saturated carbocycles. The number of benzene rings is 2. The van der Waals surface area contributed by atoms with Gasteiger partial charge >= 0.3 is 7.12 Å². The van der Waals surface area contributed by atoms with Crippen molar-refractivity contribution in [3.05, 3.63) is 84.9 Å². The van der Waals surface area contributed by atoms with Gasteiger partial charge in [0.05, 0.1) is 17.8 Å². The van der Waals surface area contributed by atoms with E-state index in [-0.39, 0.29) is 23.4 Å². The van der Waals surface area contributed by atoms with E-state index in [0.717, 1.165) is 6.42 Å². The highest BCUT2D eigenvalue weighted by Gasteiger charge is 2.50. The second kappa shape index (κ2) is 11.0. The summed E-state index contributed by atoms with van der Waals surface area (Å²) in [5.41, 5.74) is -0.604. The van der Waals surface area contributed by atoms with E-state index in [0.29, 0.717) is 12.5 Å². The Labute approximate surface area is 214 Å². The van der Waals surface area contributed by atoms with Gasteiger partial charge < -0.3 is 13.7 Å². The minimum Gasteiger partial charge on any atom is -0.404 e. The molecular weight excluding hydrogens is 447 g/mol. The number of hydrogen-bond acceptors (Lipinski definition) is 3. The number of hydrogen-bond donors (Lipinski definition) is 0. The summed E-state index contributed by atoms with van der Waals surface area (Å²) in [6.07, 6.45) is 7.55. The van der Waals surface area contributed by atoms with Crippen molar-refractivity contribution in [3.8, 4) is 0 Å². The zero-order valence-corrected chi connectivity index (χ0v) is 23.9. The molecule has 2 aromatic carbocycles. The second-order valence-corrected chi connectivity index (χ2v) is 16.0. The summed E-state index contributed by atoms with van der Waals surface area (Å²) in [5.74, 6) is 2.44. The zero-order valence-electron chi connectivity index (χ0n) is 22.9. The normalized spacial score (nSPS) is 19.0. The first-order valence-corrected chi connectivity index (χ1v) is 14.7. The van der Waals surface area contributed by atoms with Crippen molar-refractivity contribution in [1.29, 1.82) is 0 Å². The molecule has 0 aromatic heterocycles. The van der Waals surface area contributed by atoms with Crippen LogP contribution in [0.25, 0.3) is 0 Å². The van der Waals surface area contributed by atoms with E-state index < -0.39 is 8.32 Å². The minimum absolute atomic E-state index is 0.0115. The van der Waals surface area contributed by atoms with Crippen LogP contribution >= 0.6 is 0 Å². The van der Waals surface area contributed by atoms with Gasteiger partial charge in [-0.05, 0) is 55.4 Å². The largest absolute Gasteiger partial charge is 0.486 e. The van der Waals surface area contributed by atoms with Gasteiger partial charge in [0.15, 0.2) is 0 Å². The van der Waals surface area contributed by atoms with Crippen LogP contribution < -0.4 is 10.4 Å². The fourth-order valence-corrected chi connectivity index (χ4v) is 9.14. The molecule has 0 N–H and O–H groups in total. The van der Waals surface area contributed by atoms with Gasteiger partial charge in [-0.15, -0.1) is 0 Å². The van der Waals surface area contributed by atoms with Crippen LogP contribution in [-0.2, 0) is 13.7 Å². The highest BCUT2D eigenvalue weighted by atomic mass is 28.4. The third kappa shape index (κ3) is 6.26. The summed E-state index contributed by atoms with van der Waals surface area (Å²) in [6, 6.07) is 21.6. The molecule has 0 bridgehead atoms. The maximum atomic E-state index is 6.93. The van der Waals surface area contributed by atoms with Gasteiger partial charge in [-0.1, -0.05) is 113 Å². The molecule has 1 fully saturated rings. The predicted molar refractivity (Wildman–Crippen MR) is 152 cm³/mol. The monoisotopic (exact) mass is 490 g/mol. The minimum atomic E-state index is -2.49. The van der Waals surface area contributed by atoms with Crippen molar-refractivity contribution < 1.29 is 13.7 Å². The molecule has 1 saturated heterocycles. The molecule has 2 aromatic rings. The van der Waals surface area contributed by atoms with Gasteiger partial charge in [-0.2, -0.15) is 0 Å². The molecular formula is C30H43BO3Si. The van der Waals surface area contributed by atoms with Crippen molar-refractivity contribution in [1.82, 2.24) is 0 Å². The van der Waals surface area contributed by atoms with Gasteiger partial charge in [0.2, 0.25) is 0 Å². The van der Waals surface area contributed by atoms with Gasteiger partial charge in [-0.3, -0.25) is 0 Å². The Morgan fingerprint density at radius 2 is 1.34 bits per heavy atom. The molecule has 1 atom stereocenters. The number of rotatable bonds is 9. The average molecular weight is 491 g/mol. The Morgan fingerprint density at radius 1 is 0.857 bits per heavy atom. The first kappa shape index (κ1) is 27.7. The molecule has 3 rings (SSSR count). The van der Waals surface area contributed by atoms with Crippen LogP contribution in [0, 0.1) is 5.92 Å². The highest BCUT2D eigenvalue weighted by molar-refractivity contribution is 6.99. The molecule has 188 valence electrons. The molecule has 0 aliphatic carbocycles. The van der Waals surface area contributed by atoms with E-state index in [2.05, 4.69) is 134 Å². The van der Waals surface area contributed by atoms with Gasteiger partial charge in [0, 0.05) is 0 Å². The SMILES string of the molecule is C[C@H](C=CB1OC(C)(C)C(C)(C)O1)CC=CCO[Si](c1ccccc1)(c1ccccc1)C(C)(C)C. The van der Waals surface area contributed by atoms with Crippen molar-refractivity contribution in [2.75, 3.05) is 6.61 Å². The predicted octanol–water partition coefficient (Wildman–Crippen LogP) is 6.33. The van der Waals surface area contributed by atoms with Gasteiger partial charge in [0.1, 0.15) is 0 Å². The summed E-state index contributed by atoms with van der Waals surface area (Å²) >= 11 is 0. The molecule has 0 radical (unpaired) electrons. The van der Waals surface area contributed by atoms with Crippen LogP contribution in [0.2, 0.25) is 5.04 Å². The Bertz CT molecular complexity index is 938. The third-order valence-corrected chi connectivity index (χ3v) is 12.4. The average Bonchev–Trinajstić information content (AvgIpc) is 3.01. The van der Waals surface area contributed by atoms with E-state index in [1.807, 2.05) is 5.98 Å². The Kier molecular flexibility index (Phi) is 8.69. The topological polar surface area (TPSA) is 27.7 Å². The molecule has 1 aliphatic heterocycles. The summed E-state index contributed by atoms with van der Waals surface area (Å²) in [7, 11) is -2.77. The van der Waals surface area contributed by atoms with Crippen molar-refractivity contribution in [2.45, 2.75) is 78.1 Å². The van der Waals surface area contributed by atoms with Crippen LogP contribution in [0.1, 0.15) is 61.8 Å². The second-order valence-electron chi connectivity index (χ2n) is 11.7. The molecule has 1 aliphatic rings. The van der Waals surface area contributed by atoms with Crippen LogP contribution in [-0.4, -0.2) is 33.2 Å². The molecule has 0 amide bonds.